The lowest BCUT2D eigenvalue weighted by molar-refractivity contribution is -0.120. The second-order valence-electron chi connectivity index (χ2n) is 5.22. The van der Waals surface area contributed by atoms with Gasteiger partial charge in [0.25, 0.3) is 0 Å². The third kappa shape index (κ3) is 4.06. The summed E-state index contributed by atoms with van der Waals surface area (Å²) in [6, 6.07) is 5.68. The molecular formula is C15H21N3O2. The molecule has 0 aliphatic rings. The van der Waals surface area contributed by atoms with Crippen molar-refractivity contribution in [1.29, 1.82) is 0 Å². The molecule has 5 nitrogen and oxygen atoms in total. The summed E-state index contributed by atoms with van der Waals surface area (Å²) in [6.07, 6.45) is 1.34. The zero-order valence-electron chi connectivity index (χ0n) is 12.3. The van der Waals surface area contributed by atoms with Gasteiger partial charge in [-0.2, -0.15) is 0 Å². The highest BCUT2D eigenvalue weighted by molar-refractivity contribution is 5.81. The summed E-state index contributed by atoms with van der Waals surface area (Å²) < 4.78 is 5.41. The van der Waals surface area contributed by atoms with Crippen LogP contribution in [0, 0.1) is 6.92 Å². The van der Waals surface area contributed by atoms with Gasteiger partial charge >= 0.3 is 0 Å². The number of carbonyl (C=O) groups excluding carboxylic acids is 1. The number of hydrogen-bond acceptors (Lipinski definition) is 4. The molecule has 0 spiro atoms. The molecule has 1 amide bonds. The summed E-state index contributed by atoms with van der Waals surface area (Å²) in [4.78, 5) is 18.2. The van der Waals surface area contributed by atoms with Gasteiger partial charge in [0, 0.05) is 13.5 Å². The quantitative estimate of drug-likeness (QED) is 0.816. The summed E-state index contributed by atoms with van der Waals surface area (Å²) in [5, 5.41) is 2.93. The molecule has 0 saturated heterocycles. The number of aryl methyl sites for hydroxylation is 1. The van der Waals surface area contributed by atoms with Crippen LogP contribution in [0.5, 0.6) is 0 Å². The molecule has 1 aromatic heterocycles. The van der Waals surface area contributed by atoms with Crippen LogP contribution in [-0.2, 0) is 11.2 Å². The Morgan fingerprint density at radius 2 is 2.20 bits per heavy atom. The number of nitrogens with one attached hydrogen (secondary N) is 1. The highest BCUT2D eigenvalue weighted by atomic mass is 16.3. The van der Waals surface area contributed by atoms with Gasteiger partial charge < -0.3 is 14.6 Å². The van der Waals surface area contributed by atoms with E-state index in [4.69, 9.17) is 4.42 Å². The molecule has 0 saturated carbocycles. The molecule has 0 atom stereocenters. The Morgan fingerprint density at radius 1 is 1.40 bits per heavy atom. The smallest absolute Gasteiger partial charge is 0.224 e. The molecule has 1 aromatic carbocycles. The van der Waals surface area contributed by atoms with Crippen LogP contribution in [0.15, 0.2) is 22.6 Å². The Morgan fingerprint density at radius 3 is 2.95 bits per heavy atom. The normalized spacial score (nSPS) is 11.2. The second-order valence-corrected chi connectivity index (χ2v) is 5.22. The minimum Gasteiger partial charge on any atom is -0.441 e. The number of benzene rings is 1. The molecule has 0 aliphatic heterocycles. The number of hydrogen-bond donors (Lipinski definition) is 1. The SMILES string of the molecule is Cc1nc2cc(CC(=O)NCCCN(C)C)ccc2o1. The van der Waals surface area contributed by atoms with E-state index in [1.807, 2.05) is 39.2 Å². The highest BCUT2D eigenvalue weighted by Gasteiger charge is 2.07. The Bertz CT molecular complexity index is 590. The predicted molar refractivity (Wildman–Crippen MR) is 78.6 cm³/mol. The molecule has 0 aliphatic carbocycles. The van der Waals surface area contributed by atoms with Gasteiger partial charge in [0.2, 0.25) is 5.91 Å². The molecular weight excluding hydrogens is 254 g/mol. The first-order chi connectivity index (χ1) is 9.54. The lowest BCUT2D eigenvalue weighted by atomic mass is 10.1. The number of aromatic nitrogens is 1. The van der Waals surface area contributed by atoms with E-state index in [-0.39, 0.29) is 5.91 Å². The fourth-order valence-corrected chi connectivity index (χ4v) is 2.07. The summed E-state index contributed by atoms with van der Waals surface area (Å²) >= 11 is 0. The Kier molecular flexibility index (Phi) is 4.74. The molecule has 5 heteroatoms. The van der Waals surface area contributed by atoms with E-state index in [1.165, 1.54) is 0 Å². The van der Waals surface area contributed by atoms with E-state index in [2.05, 4.69) is 15.2 Å². The number of oxazole rings is 1. The first kappa shape index (κ1) is 14.5. The van der Waals surface area contributed by atoms with Gasteiger partial charge in [0.1, 0.15) is 5.52 Å². The van der Waals surface area contributed by atoms with Gasteiger partial charge in [-0.3, -0.25) is 4.79 Å². The first-order valence-corrected chi connectivity index (χ1v) is 6.82. The lowest BCUT2D eigenvalue weighted by Crippen LogP contribution is -2.28. The molecule has 0 radical (unpaired) electrons. The number of fused-ring (bicyclic) bond motifs is 1. The van der Waals surface area contributed by atoms with Crippen molar-refractivity contribution in [3.05, 3.63) is 29.7 Å². The van der Waals surface area contributed by atoms with Crippen LogP contribution in [0.25, 0.3) is 11.1 Å². The minimum absolute atomic E-state index is 0.0447. The highest BCUT2D eigenvalue weighted by Crippen LogP contribution is 2.16. The van der Waals surface area contributed by atoms with Crippen LogP contribution in [0.4, 0.5) is 0 Å². The van der Waals surface area contributed by atoms with E-state index in [0.29, 0.717) is 18.9 Å². The fraction of sp³-hybridized carbons (Fsp3) is 0.467. The summed E-state index contributed by atoms with van der Waals surface area (Å²) in [5.74, 6) is 0.689. The molecule has 2 rings (SSSR count). The van der Waals surface area contributed by atoms with Crippen LogP contribution in [0.3, 0.4) is 0 Å². The van der Waals surface area contributed by atoms with Crippen molar-refractivity contribution in [3.63, 3.8) is 0 Å². The van der Waals surface area contributed by atoms with Crippen LogP contribution in [0.1, 0.15) is 17.9 Å². The van der Waals surface area contributed by atoms with Crippen LogP contribution in [0.2, 0.25) is 0 Å². The molecule has 0 unspecified atom stereocenters. The third-order valence-corrected chi connectivity index (χ3v) is 3.03. The van der Waals surface area contributed by atoms with E-state index < -0.39 is 0 Å². The molecule has 1 N–H and O–H groups in total. The van der Waals surface area contributed by atoms with Gasteiger partial charge in [0.05, 0.1) is 6.42 Å². The number of amides is 1. The second kappa shape index (κ2) is 6.52. The fourth-order valence-electron chi connectivity index (χ4n) is 2.07. The summed E-state index contributed by atoms with van der Waals surface area (Å²) in [5.41, 5.74) is 2.52. The van der Waals surface area contributed by atoms with Crippen molar-refractivity contribution < 1.29 is 9.21 Å². The molecule has 1 heterocycles. The van der Waals surface area contributed by atoms with Crippen LogP contribution >= 0.6 is 0 Å². The summed E-state index contributed by atoms with van der Waals surface area (Å²) in [6.45, 7) is 3.50. The molecule has 0 fully saturated rings. The number of nitrogens with zero attached hydrogens (tertiary/aromatic N) is 2. The van der Waals surface area contributed by atoms with Gasteiger partial charge in [-0.05, 0) is 44.8 Å². The van der Waals surface area contributed by atoms with Crippen LogP contribution < -0.4 is 5.32 Å². The van der Waals surface area contributed by atoms with Gasteiger partial charge in [-0.15, -0.1) is 0 Å². The molecule has 108 valence electrons. The van der Waals surface area contributed by atoms with Crippen molar-refractivity contribution in [2.75, 3.05) is 27.2 Å². The van der Waals surface area contributed by atoms with Crippen molar-refractivity contribution in [2.45, 2.75) is 19.8 Å². The Hall–Kier alpha value is -1.88. The molecule has 20 heavy (non-hydrogen) atoms. The summed E-state index contributed by atoms with van der Waals surface area (Å²) in [7, 11) is 4.05. The number of carbonyl (C=O) groups is 1. The van der Waals surface area contributed by atoms with Crippen molar-refractivity contribution in [2.24, 2.45) is 0 Å². The van der Waals surface area contributed by atoms with Crippen molar-refractivity contribution >= 4 is 17.0 Å². The van der Waals surface area contributed by atoms with Gasteiger partial charge in [0.15, 0.2) is 11.5 Å². The maximum Gasteiger partial charge on any atom is 0.224 e. The van der Waals surface area contributed by atoms with Gasteiger partial charge in [-0.1, -0.05) is 6.07 Å². The van der Waals surface area contributed by atoms with E-state index in [1.54, 1.807) is 0 Å². The predicted octanol–water partition coefficient (Wildman–Crippen LogP) is 1.75. The molecule has 0 bridgehead atoms. The number of rotatable bonds is 6. The topological polar surface area (TPSA) is 58.4 Å². The lowest BCUT2D eigenvalue weighted by Gasteiger charge is -2.09. The van der Waals surface area contributed by atoms with Crippen molar-refractivity contribution in [1.82, 2.24) is 15.2 Å². The van der Waals surface area contributed by atoms with E-state index in [0.717, 1.165) is 29.6 Å². The van der Waals surface area contributed by atoms with Crippen LogP contribution in [-0.4, -0.2) is 43.0 Å². The standard InChI is InChI=1S/C15H21N3O2/c1-11-17-13-9-12(5-6-14(13)20-11)10-15(19)16-7-4-8-18(2)3/h5-6,9H,4,7-8,10H2,1-3H3,(H,16,19). The van der Waals surface area contributed by atoms with E-state index in [9.17, 15) is 4.79 Å². The minimum atomic E-state index is 0.0447. The van der Waals surface area contributed by atoms with Crippen molar-refractivity contribution in [3.8, 4) is 0 Å². The Balaban J connectivity index is 1.86. The van der Waals surface area contributed by atoms with Gasteiger partial charge in [-0.25, -0.2) is 4.98 Å². The largest absolute Gasteiger partial charge is 0.441 e. The average Bonchev–Trinajstić information content (AvgIpc) is 2.74. The molecule has 2 aromatic rings. The maximum absolute atomic E-state index is 11.8. The Labute approximate surface area is 119 Å². The zero-order valence-corrected chi connectivity index (χ0v) is 12.3. The van der Waals surface area contributed by atoms with E-state index >= 15 is 0 Å². The third-order valence-electron chi connectivity index (χ3n) is 3.03. The average molecular weight is 275 g/mol. The monoisotopic (exact) mass is 275 g/mol. The maximum atomic E-state index is 11.8. The first-order valence-electron chi connectivity index (χ1n) is 6.82. The zero-order chi connectivity index (χ0) is 14.5.